The molecule has 1 saturated heterocycles. The van der Waals surface area contributed by atoms with Gasteiger partial charge in [0.05, 0.1) is 11.0 Å². The lowest BCUT2D eigenvalue weighted by Crippen LogP contribution is -2.29. The zero-order valence-corrected chi connectivity index (χ0v) is 11.0. The topological polar surface area (TPSA) is 66.6 Å². The van der Waals surface area contributed by atoms with E-state index in [1.54, 1.807) is 12.1 Å². The van der Waals surface area contributed by atoms with E-state index in [-0.39, 0.29) is 5.69 Å². The fourth-order valence-corrected chi connectivity index (χ4v) is 2.51. The van der Waals surface area contributed by atoms with Gasteiger partial charge in [0.2, 0.25) is 0 Å². The quantitative estimate of drug-likeness (QED) is 0.670. The molecule has 0 spiro atoms. The third-order valence-corrected chi connectivity index (χ3v) is 3.60. The summed E-state index contributed by atoms with van der Waals surface area (Å²) in [5.74, 6) is 0. The third kappa shape index (κ3) is 4.01. The molecule has 1 heterocycles. The van der Waals surface area contributed by atoms with Crippen molar-refractivity contribution in [2.75, 3.05) is 19.6 Å². The molecule has 104 valence electrons. The Morgan fingerprint density at radius 3 is 2.58 bits per heavy atom. The molecule has 1 unspecified atom stereocenters. The SMILES string of the molecule is O=[N+]([O-])c1cccc(C(O)CN2CCCCCC2)c1. The van der Waals surface area contributed by atoms with Gasteiger partial charge in [-0.15, -0.1) is 0 Å². The fraction of sp³-hybridized carbons (Fsp3) is 0.571. The number of β-amino-alcohol motifs (C(OH)–C–C–N with tert-alkyl or cyclic N) is 1. The zero-order valence-electron chi connectivity index (χ0n) is 11.0. The molecule has 1 fully saturated rings. The number of benzene rings is 1. The number of hydrogen-bond donors (Lipinski definition) is 1. The first-order valence-electron chi connectivity index (χ1n) is 6.81. The molecule has 0 radical (unpaired) electrons. The van der Waals surface area contributed by atoms with Crippen LogP contribution in [0.2, 0.25) is 0 Å². The minimum absolute atomic E-state index is 0.0346. The number of aliphatic hydroxyl groups is 1. The van der Waals surface area contributed by atoms with Crippen molar-refractivity contribution in [1.82, 2.24) is 4.90 Å². The first-order valence-corrected chi connectivity index (χ1v) is 6.81. The fourth-order valence-electron chi connectivity index (χ4n) is 2.51. The standard InChI is InChI=1S/C14H20N2O3/c17-14(11-15-8-3-1-2-4-9-15)12-6-5-7-13(10-12)16(18)19/h5-7,10,14,17H,1-4,8-9,11H2. The van der Waals surface area contributed by atoms with Crippen molar-refractivity contribution in [2.24, 2.45) is 0 Å². The van der Waals surface area contributed by atoms with Crippen LogP contribution in [0, 0.1) is 10.1 Å². The van der Waals surface area contributed by atoms with Crippen molar-refractivity contribution in [1.29, 1.82) is 0 Å². The van der Waals surface area contributed by atoms with Crippen molar-refractivity contribution < 1.29 is 10.0 Å². The molecule has 5 heteroatoms. The van der Waals surface area contributed by atoms with E-state index in [2.05, 4.69) is 4.90 Å². The van der Waals surface area contributed by atoms with Crippen LogP contribution in [0.4, 0.5) is 5.69 Å². The Morgan fingerprint density at radius 1 is 1.26 bits per heavy atom. The summed E-state index contributed by atoms with van der Waals surface area (Å²) < 4.78 is 0. The van der Waals surface area contributed by atoms with Gasteiger partial charge in [0.1, 0.15) is 0 Å². The minimum Gasteiger partial charge on any atom is -0.387 e. The summed E-state index contributed by atoms with van der Waals surface area (Å²) >= 11 is 0. The van der Waals surface area contributed by atoms with Crippen LogP contribution in [0.5, 0.6) is 0 Å². The normalized spacial score (nSPS) is 18.8. The average Bonchev–Trinajstić information content (AvgIpc) is 2.67. The van der Waals surface area contributed by atoms with Crippen LogP contribution in [0.15, 0.2) is 24.3 Å². The second-order valence-corrected chi connectivity index (χ2v) is 5.08. The van der Waals surface area contributed by atoms with Crippen molar-refractivity contribution in [2.45, 2.75) is 31.8 Å². The molecule has 5 nitrogen and oxygen atoms in total. The van der Waals surface area contributed by atoms with Crippen molar-refractivity contribution in [3.63, 3.8) is 0 Å². The van der Waals surface area contributed by atoms with Gasteiger partial charge in [0.25, 0.3) is 5.69 Å². The Morgan fingerprint density at radius 2 is 1.95 bits per heavy atom. The molecule has 1 aliphatic heterocycles. The minimum atomic E-state index is -0.655. The van der Waals surface area contributed by atoms with E-state index in [4.69, 9.17) is 0 Å². The highest BCUT2D eigenvalue weighted by atomic mass is 16.6. The van der Waals surface area contributed by atoms with Gasteiger partial charge in [-0.25, -0.2) is 0 Å². The van der Waals surface area contributed by atoms with E-state index in [1.807, 2.05) is 0 Å². The Bertz CT molecular complexity index is 428. The van der Waals surface area contributed by atoms with E-state index >= 15 is 0 Å². The highest BCUT2D eigenvalue weighted by molar-refractivity contribution is 5.35. The first-order chi connectivity index (χ1) is 9.16. The number of non-ortho nitro benzene ring substituents is 1. The number of likely N-dealkylation sites (tertiary alicyclic amines) is 1. The second kappa shape index (κ2) is 6.63. The van der Waals surface area contributed by atoms with E-state index in [0.29, 0.717) is 12.1 Å². The van der Waals surface area contributed by atoms with Gasteiger partial charge in [-0.05, 0) is 31.5 Å². The molecule has 0 saturated carbocycles. The molecular weight excluding hydrogens is 244 g/mol. The van der Waals surface area contributed by atoms with E-state index < -0.39 is 11.0 Å². The number of aliphatic hydroxyl groups excluding tert-OH is 1. The molecule has 2 rings (SSSR count). The summed E-state index contributed by atoms with van der Waals surface area (Å²) in [6.45, 7) is 2.57. The van der Waals surface area contributed by atoms with Crippen LogP contribution in [0.3, 0.4) is 0 Å². The Balaban J connectivity index is 2.00. The van der Waals surface area contributed by atoms with Crippen molar-refractivity contribution in [3.8, 4) is 0 Å². The molecule has 0 aliphatic carbocycles. The molecule has 19 heavy (non-hydrogen) atoms. The number of nitrogens with zero attached hydrogens (tertiary/aromatic N) is 2. The van der Waals surface area contributed by atoms with Crippen LogP contribution in [0.1, 0.15) is 37.4 Å². The van der Waals surface area contributed by atoms with Crippen LogP contribution in [-0.4, -0.2) is 34.6 Å². The maximum atomic E-state index is 10.7. The van der Waals surface area contributed by atoms with Crippen LogP contribution in [-0.2, 0) is 0 Å². The highest BCUT2D eigenvalue weighted by Crippen LogP contribution is 2.21. The van der Waals surface area contributed by atoms with Gasteiger partial charge in [-0.2, -0.15) is 0 Å². The maximum absolute atomic E-state index is 10.7. The smallest absolute Gasteiger partial charge is 0.269 e. The predicted molar refractivity (Wildman–Crippen MR) is 73.0 cm³/mol. The molecule has 0 aromatic heterocycles. The maximum Gasteiger partial charge on any atom is 0.269 e. The van der Waals surface area contributed by atoms with Crippen LogP contribution < -0.4 is 0 Å². The van der Waals surface area contributed by atoms with E-state index in [1.165, 1.54) is 37.8 Å². The number of nitro benzene ring substituents is 1. The lowest BCUT2D eigenvalue weighted by molar-refractivity contribution is -0.385. The van der Waals surface area contributed by atoms with Gasteiger partial charge in [0, 0.05) is 18.7 Å². The van der Waals surface area contributed by atoms with Crippen LogP contribution in [0.25, 0.3) is 0 Å². The van der Waals surface area contributed by atoms with Gasteiger partial charge in [-0.1, -0.05) is 25.0 Å². The molecular formula is C14H20N2O3. The summed E-state index contributed by atoms with van der Waals surface area (Å²) in [5.41, 5.74) is 0.658. The van der Waals surface area contributed by atoms with Gasteiger partial charge >= 0.3 is 0 Å². The first kappa shape index (κ1) is 14.0. The monoisotopic (exact) mass is 264 g/mol. The highest BCUT2D eigenvalue weighted by Gasteiger charge is 2.17. The van der Waals surface area contributed by atoms with E-state index in [0.717, 1.165) is 13.1 Å². The molecule has 1 aromatic carbocycles. The van der Waals surface area contributed by atoms with Crippen molar-refractivity contribution in [3.05, 3.63) is 39.9 Å². The third-order valence-electron chi connectivity index (χ3n) is 3.60. The second-order valence-electron chi connectivity index (χ2n) is 5.08. The Hall–Kier alpha value is -1.46. The number of nitro groups is 1. The average molecular weight is 264 g/mol. The Labute approximate surface area is 113 Å². The summed E-state index contributed by atoms with van der Waals surface area (Å²) in [7, 11) is 0. The largest absolute Gasteiger partial charge is 0.387 e. The number of hydrogen-bond acceptors (Lipinski definition) is 4. The molecule has 1 N–H and O–H groups in total. The van der Waals surface area contributed by atoms with Gasteiger partial charge in [0.15, 0.2) is 0 Å². The lowest BCUT2D eigenvalue weighted by Gasteiger charge is -2.23. The number of rotatable bonds is 4. The van der Waals surface area contributed by atoms with Gasteiger partial charge < -0.3 is 10.0 Å². The van der Waals surface area contributed by atoms with Crippen molar-refractivity contribution >= 4 is 5.69 Å². The molecule has 1 atom stereocenters. The molecule has 1 aromatic rings. The lowest BCUT2D eigenvalue weighted by atomic mass is 10.1. The Kier molecular flexibility index (Phi) is 4.87. The van der Waals surface area contributed by atoms with Crippen LogP contribution >= 0.6 is 0 Å². The summed E-state index contributed by atoms with van der Waals surface area (Å²) in [4.78, 5) is 12.5. The van der Waals surface area contributed by atoms with E-state index in [9.17, 15) is 15.2 Å². The molecule has 0 bridgehead atoms. The van der Waals surface area contributed by atoms with Gasteiger partial charge in [-0.3, -0.25) is 10.1 Å². The molecule has 0 amide bonds. The zero-order chi connectivity index (χ0) is 13.7. The predicted octanol–water partition coefficient (Wildman–Crippen LogP) is 2.50. The molecule has 1 aliphatic rings. The summed E-state index contributed by atoms with van der Waals surface area (Å²) in [5, 5.41) is 20.9. The summed E-state index contributed by atoms with van der Waals surface area (Å²) in [6, 6.07) is 6.28. The summed E-state index contributed by atoms with van der Waals surface area (Å²) in [6.07, 6.45) is 4.19.